The van der Waals surface area contributed by atoms with Crippen molar-refractivity contribution in [1.29, 1.82) is 0 Å². The molecule has 2 rings (SSSR count). The Morgan fingerprint density at radius 3 is 2.96 bits per heavy atom. The van der Waals surface area contributed by atoms with Crippen LogP contribution in [-0.2, 0) is 14.3 Å². The van der Waals surface area contributed by atoms with Gasteiger partial charge in [0.1, 0.15) is 17.3 Å². The van der Waals surface area contributed by atoms with Crippen molar-refractivity contribution in [3.63, 3.8) is 0 Å². The van der Waals surface area contributed by atoms with Crippen LogP contribution in [0.25, 0.3) is 10.4 Å². The molecular formula is C15H21FN6O4. The van der Waals surface area contributed by atoms with Gasteiger partial charge in [-0.2, -0.15) is 0 Å². The zero-order valence-corrected chi connectivity index (χ0v) is 14.4. The van der Waals surface area contributed by atoms with Gasteiger partial charge in [0.15, 0.2) is 18.5 Å². The second kappa shape index (κ2) is 7.73. The van der Waals surface area contributed by atoms with Gasteiger partial charge in [0, 0.05) is 11.1 Å². The molecule has 0 aromatic carbocycles. The van der Waals surface area contributed by atoms with Crippen LogP contribution in [0.2, 0.25) is 0 Å². The van der Waals surface area contributed by atoms with E-state index in [-0.39, 0.29) is 11.7 Å². The van der Waals surface area contributed by atoms with Crippen LogP contribution < -0.4 is 5.73 Å². The molecule has 0 amide bonds. The van der Waals surface area contributed by atoms with Crippen LogP contribution in [-0.4, -0.2) is 59.1 Å². The van der Waals surface area contributed by atoms with Crippen LogP contribution in [0.5, 0.6) is 0 Å². The maximum atomic E-state index is 15.2. The van der Waals surface area contributed by atoms with E-state index in [1.165, 1.54) is 17.2 Å². The number of hydrogen-bond acceptors (Lipinski definition) is 8. The molecule has 0 spiro atoms. The van der Waals surface area contributed by atoms with Gasteiger partial charge in [-0.3, -0.25) is 4.79 Å². The molecule has 1 fully saturated rings. The average molecular weight is 368 g/mol. The van der Waals surface area contributed by atoms with Crippen LogP contribution in [0.1, 0.15) is 13.8 Å². The van der Waals surface area contributed by atoms with Crippen molar-refractivity contribution in [3.8, 4) is 0 Å². The minimum atomic E-state index is -1.87. The molecule has 0 saturated carbocycles. The molecule has 4 atom stereocenters. The van der Waals surface area contributed by atoms with E-state index >= 15 is 4.39 Å². The third-order valence-corrected chi connectivity index (χ3v) is 4.06. The van der Waals surface area contributed by atoms with Crippen molar-refractivity contribution in [3.05, 3.63) is 35.1 Å². The summed E-state index contributed by atoms with van der Waals surface area (Å²) in [6.07, 6.45) is -1.81. The molecule has 10 nitrogen and oxygen atoms in total. The first-order valence-electron chi connectivity index (χ1n) is 7.89. The Kier molecular flexibility index (Phi) is 5.86. The summed E-state index contributed by atoms with van der Waals surface area (Å²) in [7, 11) is 0. The molecule has 2 heterocycles. The van der Waals surface area contributed by atoms with Crippen LogP contribution in [0.3, 0.4) is 0 Å². The Bertz CT molecular complexity index is 690. The minimum absolute atomic E-state index is 0.115. The Labute approximate surface area is 149 Å². The van der Waals surface area contributed by atoms with Gasteiger partial charge < -0.3 is 25.2 Å². The van der Waals surface area contributed by atoms with Gasteiger partial charge in [0.25, 0.3) is 0 Å². The summed E-state index contributed by atoms with van der Waals surface area (Å²) in [6.45, 7) is 5.70. The normalized spacial score (nSPS) is 31.0. The SMILES string of the molecule is C=C1N=C(N)C=CN1[C@@H]1O[C@@](CO)(CN=[N+]=[N-])[C@@H](OC(=O)C(C)C)[C@H]1F. The summed E-state index contributed by atoms with van der Waals surface area (Å²) in [6, 6.07) is 0. The number of nitrogens with zero attached hydrogens (tertiary/aromatic N) is 5. The highest BCUT2D eigenvalue weighted by Gasteiger charge is 2.59. The third kappa shape index (κ3) is 3.64. The molecule has 0 unspecified atom stereocenters. The molecule has 0 aromatic heterocycles. The van der Waals surface area contributed by atoms with E-state index in [4.69, 9.17) is 20.7 Å². The molecule has 11 heteroatoms. The smallest absolute Gasteiger partial charge is 0.308 e. The maximum Gasteiger partial charge on any atom is 0.308 e. The Hall–Kier alpha value is -2.62. The number of carbonyl (C=O) groups is 1. The Balaban J connectivity index is 2.36. The van der Waals surface area contributed by atoms with Gasteiger partial charge in [0.2, 0.25) is 0 Å². The summed E-state index contributed by atoms with van der Waals surface area (Å²) < 4.78 is 26.1. The first kappa shape index (κ1) is 19.7. The number of nitrogens with two attached hydrogens (primary N) is 1. The van der Waals surface area contributed by atoms with Gasteiger partial charge in [-0.05, 0) is 11.6 Å². The van der Waals surface area contributed by atoms with E-state index in [0.29, 0.717) is 0 Å². The average Bonchev–Trinajstić information content (AvgIpc) is 2.86. The van der Waals surface area contributed by atoms with Gasteiger partial charge in [-0.25, -0.2) is 9.38 Å². The Morgan fingerprint density at radius 2 is 2.42 bits per heavy atom. The van der Waals surface area contributed by atoms with E-state index in [2.05, 4.69) is 21.6 Å². The van der Waals surface area contributed by atoms with Crippen LogP contribution in [0.4, 0.5) is 4.39 Å². The predicted octanol–water partition coefficient (Wildman–Crippen LogP) is 0.948. The summed E-state index contributed by atoms with van der Waals surface area (Å²) >= 11 is 0. The third-order valence-electron chi connectivity index (χ3n) is 4.06. The summed E-state index contributed by atoms with van der Waals surface area (Å²) in [5.74, 6) is -0.892. The molecule has 26 heavy (non-hydrogen) atoms. The van der Waals surface area contributed by atoms with E-state index in [9.17, 15) is 9.90 Å². The highest BCUT2D eigenvalue weighted by atomic mass is 19.1. The second-order valence-corrected chi connectivity index (χ2v) is 6.25. The zero-order chi connectivity index (χ0) is 19.5. The van der Waals surface area contributed by atoms with Crippen molar-refractivity contribution < 1.29 is 23.8 Å². The van der Waals surface area contributed by atoms with Crippen LogP contribution in [0.15, 0.2) is 34.8 Å². The summed E-state index contributed by atoms with van der Waals surface area (Å²) in [4.78, 5) is 19.8. The number of ether oxygens (including phenoxy) is 2. The second-order valence-electron chi connectivity index (χ2n) is 6.25. The fraction of sp³-hybridized carbons (Fsp3) is 0.600. The maximum absolute atomic E-state index is 15.2. The quantitative estimate of drug-likeness (QED) is 0.309. The fourth-order valence-corrected chi connectivity index (χ4v) is 2.63. The fourth-order valence-electron chi connectivity index (χ4n) is 2.63. The van der Waals surface area contributed by atoms with Gasteiger partial charge >= 0.3 is 5.97 Å². The van der Waals surface area contributed by atoms with Crippen molar-refractivity contribution in [1.82, 2.24) is 4.90 Å². The number of aliphatic hydroxyl groups is 1. The molecular weight excluding hydrogens is 347 g/mol. The van der Waals surface area contributed by atoms with E-state index in [0.717, 1.165) is 0 Å². The topological polar surface area (TPSA) is 146 Å². The molecule has 3 N–H and O–H groups in total. The number of rotatable bonds is 6. The van der Waals surface area contributed by atoms with E-state index in [1.807, 2.05) is 0 Å². The largest absolute Gasteiger partial charge is 0.456 e. The monoisotopic (exact) mass is 368 g/mol. The minimum Gasteiger partial charge on any atom is -0.456 e. The van der Waals surface area contributed by atoms with Crippen molar-refractivity contribution >= 4 is 11.8 Å². The predicted molar refractivity (Wildman–Crippen MR) is 90.1 cm³/mol. The molecule has 2 aliphatic rings. The number of aliphatic hydroxyl groups excluding tert-OH is 1. The van der Waals surface area contributed by atoms with Crippen LogP contribution >= 0.6 is 0 Å². The number of esters is 1. The molecule has 0 bridgehead atoms. The van der Waals surface area contributed by atoms with Gasteiger partial charge in [0.05, 0.1) is 19.1 Å². The number of hydrogen-bond donors (Lipinski definition) is 2. The van der Waals surface area contributed by atoms with E-state index in [1.54, 1.807) is 13.8 Å². The first-order valence-corrected chi connectivity index (χ1v) is 7.89. The lowest BCUT2D eigenvalue weighted by molar-refractivity contribution is -0.170. The van der Waals surface area contributed by atoms with E-state index < -0.39 is 49.1 Å². The molecule has 0 radical (unpaired) electrons. The number of carbonyl (C=O) groups excluding carboxylic acids is 1. The lowest BCUT2D eigenvalue weighted by Gasteiger charge is -2.32. The summed E-state index contributed by atoms with van der Waals surface area (Å²) in [5.41, 5.74) is 12.4. The molecule has 0 aromatic rings. The summed E-state index contributed by atoms with van der Waals surface area (Å²) in [5, 5.41) is 13.2. The van der Waals surface area contributed by atoms with Crippen molar-refractivity contribution in [2.45, 2.75) is 38.0 Å². The van der Waals surface area contributed by atoms with Crippen molar-refractivity contribution in [2.24, 2.45) is 21.8 Å². The molecule has 2 aliphatic heterocycles. The number of alkyl halides is 1. The molecule has 1 saturated heterocycles. The number of azide groups is 1. The highest BCUT2D eigenvalue weighted by Crippen LogP contribution is 2.39. The molecule has 0 aliphatic carbocycles. The molecule has 142 valence electrons. The first-order chi connectivity index (χ1) is 12.3. The number of aliphatic imine (C=N–C) groups is 1. The number of amidine groups is 1. The lowest BCUT2D eigenvalue weighted by atomic mass is 9.96. The van der Waals surface area contributed by atoms with Crippen LogP contribution in [0, 0.1) is 5.92 Å². The van der Waals surface area contributed by atoms with Gasteiger partial charge in [-0.15, -0.1) is 0 Å². The number of halogens is 1. The standard InChI is InChI=1S/C15H21FN6O4/c1-8(2)14(24)25-12-11(16)13(22-5-4-10(17)20-9(22)3)26-15(12,7-23)6-19-21-18/h4-5,8,11-13,23H,3,6-7H2,1-2H3,(H2,17,20)/t11-,12+,13-,15-/m1/s1. The van der Waals surface area contributed by atoms with Gasteiger partial charge in [-0.1, -0.05) is 25.5 Å². The Morgan fingerprint density at radius 1 is 1.73 bits per heavy atom. The lowest BCUT2D eigenvalue weighted by Crippen LogP contribution is -2.50. The highest BCUT2D eigenvalue weighted by molar-refractivity contribution is 5.92. The van der Waals surface area contributed by atoms with Crippen molar-refractivity contribution in [2.75, 3.05) is 13.2 Å². The zero-order valence-electron chi connectivity index (χ0n) is 14.4.